The zero-order valence-electron chi connectivity index (χ0n) is 13.5. The van der Waals surface area contributed by atoms with Crippen LogP contribution >= 0.6 is 11.3 Å². The van der Waals surface area contributed by atoms with Gasteiger partial charge in [0.25, 0.3) is 5.91 Å². The molecule has 1 amide bonds. The Hall–Kier alpha value is -2.42. The van der Waals surface area contributed by atoms with Crippen LogP contribution in [0.2, 0.25) is 0 Å². The van der Waals surface area contributed by atoms with Gasteiger partial charge in [0.05, 0.1) is 17.4 Å². The standard InChI is InChI=1S/C15H19N5O3S/c1-8(14(22)23-2)17-12(21)10-7-9-11(20-5-3-4-6-20)18-15(16)19-13(9)24-10/h7-8H,3-6H2,1-2H3,(H,17,21)(H2,16,18,19). The molecule has 128 valence electrons. The van der Waals surface area contributed by atoms with Crippen LogP contribution in [-0.4, -0.2) is 48.1 Å². The molecule has 8 nitrogen and oxygen atoms in total. The van der Waals surface area contributed by atoms with Crippen molar-refractivity contribution in [3.8, 4) is 0 Å². The third-order valence-electron chi connectivity index (χ3n) is 3.92. The summed E-state index contributed by atoms with van der Waals surface area (Å²) in [5.41, 5.74) is 5.81. The minimum absolute atomic E-state index is 0.195. The molecule has 0 aliphatic carbocycles. The van der Waals surface area contributed by atoms with Crippen molar-refractivity contribution in [2.24, 2.45) is 0 Å². The second-order valence-electron chi connectivity index (χ2n) is 5.65. The van der Waals surface area contributed by atoms with Crippen molar-refractivity contribution in [3.05, 3.63) is 10.9 Å². The molecule has 0 radical (unpaired) electrons. The van der Waals surface area contributed by atoms with Crippen LogP contribution in [0.4, 0.5) is 11.8 Å². The zero-order valence-corrected chi connectivity index (χ0v) is 14.4. The summed E-state index contributed by atoms with van der Waals surface area (Å²) in [4.78, 5) is 35.7. The number of carbonyl (C=O) groups is 2. The number of amides is 1. The molecule has 2 aromatic rings. The number of esters is 1. The van der Waals surface area contributed by atoms with Gasteiger partial charge in [0.1, 0.15) is 16.7 Å². The molecule has 1 aliphatic heterocycles. The lowest BCUT2D eigenvalue weighted by molar-refractivity contribution is -0.142. The van der Waals surface area contributed by atoms with E-state index in [1.807, 2.05) is 0 Å². The van der Waals surface area contributed by atoms with Crippen molar-refractivity contribution in [2.45, 2.75) is 25.8 Å². The van der Waals surface area contributed by atoms with Gasteiger partial charge in [-0.15, -0.1) is 11.3 Å². The van der Waals surface area contributed by atoms with Crippen LogP contribution in [0.3, 0.4) is 0 Å². The number of hydrogen-bond acceptors (Lipinski definition) is 8. The maximum atomic E-state index is 12.4. The fourth-order valence-corrected chi connectivity index (χ4v) is 3.64. The van der Waals surface area contributed by atoms with E-state index < -0.39 is 12.0 Å². The summed E-state index contributed by atoms with van der Waals surface area (Å²) in [6.45, 7) is 3.41. The number of ether oxygens (including phenoxy) is 1. The predicted molar refractivity (Wildman–Crippen MR) is 92.2 cm³/mol. The number of nitrogen functional groups attached to an aromatic ring is 1. The maximum absolute atomic E-state index is 12.4. The normalized spacial score (nSPS) is 15.5. The number of fused-ring (bicyclic) bond motifs is 1. The van der Waals surface area contributed by atoms with Crippen LogP contribution in [0.1, 0.15) is 29.4 Å². The Balaban J connectivity index is 1.91. The molecule has 3 heterocycles. The molecular formula is C15H19N5O3S. The molecule has 3 N–H and O–H groups in total. The van der Waals surface area contributed by atoms with E-state index in [1.54, 1.807) is 13.0 Å². The number of nitrogens with two attached hydrogens (primary N) is 1. The molecular weight excluding hydrogens is 330 g/mol. The molecule has 0 aromatic carbocycles. The van der Waals surface area contributed by atoms with E-state index in [9.17, 15) is 9.59 Å². The number of methoxy groups -OCH3 is 1. The second kappa shape index (κ2) is 6.60. The second-order valence-corrected chi connectivity index (χ2v) is 6.68. The Bertz CT molecular complexity index is 785. The van der Waals surface area contributed by atoms with Gasteiger partial charge in [0.2, 0.25) is 5.95 Å². The summed E-state index contributed by atoms with van der Waals surface area (Å²) < 4.78 is 4.61. The van der Waals surface area contributed by atoms with Crippen LogP contribution in [0.15, 0.2) is 6.07 Å². The molecule has 1 unspecified atom stereocenters. The highest BCUT2D eigenvalue weighted by Gasteiger charge is 2.23. The lowest BCUT2D eigenvalue weighted by Gasteiger charge is -2.17. The molecule has 0 bridgehead atoms. The topological polar surface area (TPSA) is 110 Å². The Morgan fingerprint density at radius 1 is 1.38 bits per heavy atom. The van der Waals surface area contributed by atoms with Gasteiger partial charge in [-0.3, -0.25) is 4.79 Å². The molecule has 1 fully saturated rings. The lowest BCUT2D eigenvalue weighted by atomic mass is 10.3. The molecule has 0 spiro atoms. The third-order valence-corrected chi connectivity index (χ3v) is 4.95. The van der Waals surface area contributed by atoms with Gasteiger partial charge >= 0.3 is 5.97 Å². The average molecular weight is 349 g/mol. The van der Waals surface area contributed by atoms with E-state index in [-0.39, 0.29) is 11.9 Å². The number of nitrogens with zero attached hydrogens (tertiary/aromatic N) is 3. The van der Waals surface area contributed by atoms with E-state index in [4.69, 9.17) is 5.73 Å². The maximum Gasteiger partial charge on any atom is 0.328 e. The lowest BCUT2D eigenvalue weighted by Crippen LogP contribution is -2.38. The van der Waals surface area contributed by atoms with Crippen LogP contribution < -0.4 is 16.0 Å². The minimum Gasteiger partial charge on any atom is -0.467 e. The highest BCUT2D eigenvalue weighted by atomic mass is 32.1. The number of nitrogens with one attached hydrogen (secondary N) is 1. The summed E-state index contributed by atoms with van der Waals surface area (Å²) in [7, 11) is 1.28. The quantitative estimate of drug-likeness (QED) is 0.797. The van der Waals surface area contributed by atoms with Gasteiger partial charge in [0, 0.05) is 13.1 Å². The van der Waals surface area contributed by atoms with Gasteiger partial charge < -0.3 is 20.7 Å². The predicted octanol–water partition coefficient (Wildman–Crippen LogP) is 1.16. The first-order valence-electron chi connectivity index (χ1n) is 7.70. The largest absolute Gasteiger partial charge is 0.467 e. The molecule has 1 aliphatic rings. The van der Waals surface area contributed by atoms with Gasteiger partial charge in [0.15, 0.2) is 0 Å². The van der Waals surface area contributed by atoms with Crippen LogP contribution in [-0.2, 0) is 9.53 Å². The van der Waals surface area contributed by atoms with Crippen LogP contribution in [0.5, 0.6) is 0 Å². The number of thiophene rings is 1. The van der Waals surface area contributed by atoms with Crippen molar-refractivity contribution >= 4 is 45.2 Å². The fraction of sp³-hybridized carbons (Fsp3) is 0.467. The van der Waals surface area contributed by atoms with Crippen molar-refractivity contribution in [1.82, 2.24) is 15.3 Å². The summed E-state index contributed by atoms with van der Waals surface area (Å²) in [5, 5.41) is 3.43. The number of rotatable bonds is 4. The van der Waals surface area contributed by atoms with E-state index in [1.165, 1.54) is 18.4 Å². The Kier molecular flexibility index (Phi) is 4.52. The van der Waals surface area contributed by atoms with Crippen LogP contribution in [0, 0.1) is 0 Å². The van der Waals surface area contributed by atoms with E-state index in [2.05, 4.69) is 24.9 Å². The summed E-state index contributed by atoms with van der Waals surface area (Å²) in [5.74, 6) is 0.126. The minimum atomic E-state index is -0.720. The smallest absolute Gasteiger partial charge is 0.328 e. The van der Waals surface area contributed by atoms with Crippen LogP contribution in [0.25, 0.3) is 10.2 Å². The van der Waals surface area contributed by atoms with E-state index >= 15 is 0 Å². The van der Waals surface area contributed by atoms with Crippen molar-refractivity contribution in [1.29, 1.82) is 0 Å². The van der Waals surface area contributed by atoms with Gasteiger partial charge in [-0.25, -0.2) is 9.78 Å². The number of aromatic nitrogens is 2. The summed E-state index contributed by atoms with van der Waals surface area (Å²) in [6.07, 6.45) is 2.22. The van der Waals surface area contributed by atoms with Crippen molar-refractivity contribution < 1.29 is 14.3 Å². The average Bonchev–Trinajstić information content (AvgIpc) is 3.22. The molecule has 2 aromatic heterocycles. The summed E-state index contributed by atoms with van der Waals surface area (Å²) >= 11 is 1.23. The van der Waals surface area contributed by atoms with Gasteiger partial charge in [-0.1, -0.05) is 0 Å². The Labute approximate surface area is 143 Å². The number of anilines is 2. The number of hydrogen-bond donors (Lipinski definition) is 2. The molecule has 0 saturated carbocycles. The molecule has 9 heteroatoms. The monoisotopic (exact) mass is 349 g/mol. The third kappa shape index (κ3) is 3.12. The fourth-order valence-electron chi connectivity index (χ4n) is 2.71. The highest BCUT2D eigenvalue weighted by molar-refractivity contribution is 7.20. The Morgan fingerprint density at radius 3 is 2.75 bits per heavy atom. The van der Waals surface area contributed by atoms with Gasteiger partial charge in [-0.05, 0) is 25.8 Å². The van der Waals surface area contributed by atoms with E-state index in [0.29, 0.717) is 9.71 Å². The number of carbonyl (C=O) groups excluding carboxylic acids is 2. The SMILES string of the molecule is COC(=O)C(C)NC(=O)c1cc2c(N3CCCC3)nc(N)nc2s1. The van der Waals surface area contributed by atoms with Crippen molar-refractivity contribution in [2.75, 3.05) is 30.8 Å². The molecule has 1 atom stereocenters. The first kappa shape index (κ1) is 16.4. The Morgan fingerprint density at radius 2 is 2.08 bits per heavy atom. The first-order valence-corrected chi connectivity index (χ1v) is 8.52. The zero-order chi connectivity index (χ0) is 17.3. The van der Waals surface area contributed by atoms with Crippen molar-refractivity contribution in [3.63, 3.8) is 0 Å². The first-order chi connectivity index (χ1) is 11.5. The van der Waals surface area contributed by atoms with Gasteiger partial charge in [-0.2, -0.15) is 4.98 Å². The van der Waals surface area contributed by atoms with E-state index in [0.717, 1.165) is 37.1 Å². The molecule has 3 rings (SSSR count). The molecule has 24 heavy (non-hydrogen) atoms. The molecule has 1 saturated heterocycles. The highest BCUT2D eigenvalue weighted by Crippen LogP contribution is 2.33. The summed E-state index contributed by atoms with van der Waals surface area (Å²) in [6, 6.07) is 1.04.